The van der Waals surface area contributed by atoms with E-state index in [-0.39, 0.29) is 18.8 Å². The highest BCUT2D eigenvalue weighted by Crippen LogP contribution is 2.26. The first-order chi connectivity index (χ1) is 9.10. The highest BCUT2D eigenvalue weighted by Gasteiger charge is 2.14. The first kappa shape index (κ1) is 13.9. The zero-order valence-electron chi connectivity index (χ0n) is 10.6. The maximum absolute atomic E-state index is 11.4. The van der Waals surface area contributed by atoms with Crippen molar-refractivity contribution in [1.82, 2.24) is 10.1 Å². The van der Waals surface area contributed by atoms with Crippen molar-refractivity contribution in [3.63, 3.8) is 0 Å². The van der Waals surface area contributed by atoms with Gasteiger partial charge in [-0.15, -0.1) is 0 Å². The molecule has 0 aliphatic carbocycles. The van der Waals surface area contributed by atoms with Gasteiger partial charge < -0.3 is 9.26 Å². The highest BCUT2D eigenvalue weighted by atomic mass is 79.9. The Labute approximate surface area is 119 Å². The standard InChI is InChI=1S/C13H13BrN2O3/c1-8-3-4-10(11(14)5-8)13-15-12(19-16-13)6-9(17)7-18-2/h3-5H,6-7H2,1-2H3. The van der Waals surface area contributed by atoms with E-state index in [0.717, 1.165) is 15.6 Å². The molecule has 6 heteroatoms. The molecule has 1 aromatic carbocycles. The van der Waals surface area contributed by atoms with Crippen LogP contribution in [0.2, 0.25) is 0 Å². The lowest BCUT2D eigenvalue weighted by Crippen LogP contribution is -2.09. The fourth-order valence-electron chi connectivity index (χ4n) is 1.62. The number of halogens is 1. The van der Waals surface area contributed by atoms with E-state index in [4.69, 9.17) is 9.26 Å². The van der Waals surface area contributed by atoms with E-state index < -0.39 is 0 Å². The average Bonchev–Trinajstić information content (AvgIpc) is 2.77. The molecule has 0 saturated heterocycles. The average molecular weight is 325 g/mol. The number of carbonyl (C=O) groups excluding carboxylic acids is 1. The molecule has 1 heterocycles. The van der Waals surface area contributed by atoms with Crippen molar-refractivity contribution in [2.75, 3.05) is 13.7 Å². The number of hydrogen-bond donors (Lipinski definition) is 0. The molecular weight excluding hydrogens is 312 g/mol. The van der Waals surface area contributed by atoms with Gasteiger partial charge in [0, 0.05) is 17.1 Å². The molecule has 0 saturated carbocycles. The Morgan fingerprint density at radius 1 is 1.47 bits per heavy atom. The van der Waals surface area contributed by atoms with Crippen LogP contribution in [0.5, 0.6) is 0 Å². The molecule has 100 valence electrons. The molecule has 2 rings (SSSR count). The predicted octanol–water partition coefficient (Wildman–Crippen LogP) is 2.57. The van der Waals surface area contributed by atoms with Crippen molar-refractivity contribution in [3.8, 4) is 11.4 Å². The van der Waals surface area contributed by atoms with Crippen LogP contribution >= 0.6 is 15.9 Å². The molecule has 0 bridgehead atoms. The van der Waals surface area contributed by atoms with Crippen LogP contribution in [-0.4, -0.2) is 29.6 Å². The summed E-state index contributed by atoms with van der Waals surface area (Å²) < 4.78 is 10.7. The van der Waals surface area contributed by atoms with Crippen molar-refractivity contribution >= 4 is 21.7 Å². The predicted molar refractivity (Wildman–Crippen MR) is 72.8 cm³/mol. The van der Waals surface area contributed by atoms with Gasteiger partial charge in [-0.3, -0.25) is 4.79 Å². The van der Waals surface area contributed by atoms with E-state index >= 15 is 0 Å². The Balaban J connectivity index is 2.18. The molecule has 2 aromatic rings. The van der Waals surface area contributed by atoms with Gasteiger partial charge in [0.1, 0.15) is 6.61 Å². The lowest BCUT2D eigenvalue weighted by molar-refractivity contribution is -0.122. The summed E-state index contributed by atoms with van der Waals surface area (Å²) in [5, 5.41) is 3.88. The number of ether oxygens (including phenoxy) is 1. The maximum atomic E-state index is 11.4. The number of benzene rings is 1. The second kappa shape index (κ2) is 6.08. The third kappa shape index (κ3) is 3.48. The SMILES string of the molecule is COCC(=O)Cc1nc(-c2ccc(C)cc2Br)no1. The first-order valence-electron chi connectivity index (χ1n) is 5.70. The van der Waals surface area contributed by atoms with Crippen LogP contribution in [-0.2, 0) is 16.0 Å². The molecule has 1 aromatic heterocycles. The number of carbonyl (C=O) groups is 1. The minimum atomic E-state index is -0.0966. The fraction of sp³-hybridized carbons (Fsp3) is 0.308. The van der Waals surface area contributed by atoms with Crippen LogP contribution in [0.15, 0.2) is 27.2 Å². The Hall–Kier alpha value is -1.53. The van der Waals surface area contributed by atoms with E-state index in [9.17, 15) is 4.79 Å². The minimum absolute atomic E-state index is 0.0476. The largest absolute Gasteiger partial charge is 0.377 e. The third-order valence-corrected chi connectivity index (χ3v) is 3.14. The van der Waals surface area contributed by atoms with Gasteiger partial charge in [-0.2, -0.15) is 4.98 Å². The van der Waals surface area contributed by atoms with Gasteiger partial charge in [-0.25, -0.2) is 0 Å². The second-order valence-corrected chi connectivity index (χ2v) is 5.00. The van der Waals surface area contributed by atoms with Gasteiger partial charge in [-0.1, -0.05) is 27.2 Å². The molecule has 0 atom stereocenters. The summed E-state index contributed by atoms with van der Waals surface area (Å²) in [5.74, 6) is 0.664. The quantitative estimate of drug-likeness (QED) is 0.845. The summed E-state index contributed by atoms with van der Waals surface area (Å²) in [5.41, 5.74) is 1.97. The number of Topliss-reactive ketones (excluding diaryl/α,β-unsaturated/α-hetero) is 1. The number of nitrogens with zero attached hydrogens (tertiary/aromatic N) is 2. The number of hydrogen-bond acceptors (Lipinski definition) is 5. The molecule has 5 nitrogen and oxygen atoms in total. The summed E-state index contributed by atoms with van der Waals surface area (Å²) in [6, 6.07) is 5.85. The topological polar surface area (TPSA) is 65.2 Å². The van der Waals surface area contributed by atoms with Gasteiger partial charge in [0.05, 0.1) is 6.42 Å². The van der Waals surface area contributed by atoms with Crippen molar-refractivity contribution in [3.05, 3.63) is 34.1 Å². The number of ketones is 1. The maximum Gasteiger partial charge on any atom is 0.234 e. The van der Waals surface area contributed by atoms with Crippen LogP contribution in [0.25, 0.3) is 11.4 Å². The number of aryl methyl sites for hydroxylation is 1. The molecule has 0 spiro atoms. The van der Waals surface area contributed by atoms with Crippen LogP contribution < -0.4 is 0 Å². The monoisotopic (exact) mass is 324 g/mol. The normalized spacial score (nSPS) is 10.7. The van der Waals surface area contributed by atoms with Crippen molar-refractivity contribution in [1.29, 1.82) is 0 Å². The molecular formula is C13H13BrN2O3. The molecule has 0 aliphatic rings. The van der Waals surface area contributed by atoms with E-state index in [1.54, 1.807) is 0 Å². The lowest BCUT2D eigenvalue weighted by atomic mass is 10.1. The van der Waals surface area contributed by atoms with E-state index in [0.29, 0.717) is 11.7 Å². The zero-order valence-corrected chi connectivity index (χ0v) is 12.2. The van der Waals surface area contributed by atoms with Gasteiger partial charge in [-0.05, 0) is 24.6 Å². The van der Waals surface area contributed by atoms with Crippen LogP contribution in [0.1, 0.15) is 11.5 Å². The summed E-state index contributed by atoms with van der Waals surface area (Å²) in [7, 11) is 1.47. The van der Waals surface area contributed by atoms with Crippen molar-refractivity contribution in [2.45, 2.75) is 13.3 Å². The van der Waals surface area contributed by atoms with Crippen molar-refractivity contribution < 1.29 is 14.1 Å². The van der Waals surface area contributed by atoms with Crippen molar-refractivity contribution in [2.24, 2.45) is 0 Å². The fourth-order valence-corrected chi connectivity index (χ4v) is 2.29. The minimum Gasteiger partial charge on any atom is -0.377 e. The van der Waals surface area contributed by atoms with E-state index in [1.807, 2.05) is 25.1 Å². The Bertz CT molecular complexity index is 595. The number of aromatic nitrogens is 2. The Morgan fingerprint density at radius 3 is 2.95 bits per heavy atom. The molecule has 0 amide bonds. The number of methoxy groups -OCH3 is 1. The third-order valence-electron chi connectivity index (χ3n) is 2.49. The summed E-state index contributed by atoms with van der Waals surface area (Å²) in [6.07, 6.45) is 0.0876. The smallest absolute Gasteiger partial charge is 0.234 e. The zero-order chi connectivity index (χ0) is 13.8. The summed E-state index contributed by atoms with van der Waals surface area (Å²) in [4.78, 5) is 15.6. The molecule has 0 N–H and O–H groups in total. The van der Waals surface area contributed by atoms with Crippen LogP contribution in [0, 0.1) is 6.92 Å². The van der Waals surface area contributed by atoms with E-state index in [2.05, 4.69) is 26.1 Å². The highest BCUT2D eigenvalue weighted by molar-refractivity contribution is 9.10. The first-order valence-corrected chi connectivity index (χ1v) is 6.49. The molecule has 0 radical (unpaired) electrons. The van der Waals surface area contributed by atoms with Gasteiger partial charge in [0.15, 0.2) is 5.78 Å². The molecule has 0 unspecified atom stereocenters. The summed E-state index contributed by atoms with van der Waals surface area (Å²) in [6.45, 7) is 2.05. The van der Waals surface area contributed by atoms with Gasteiger partial charge in [0.25, 0.3) is 0 Å². The molecule has 0 aliphatic heterocycles. The van der Waals surface area contributed by atoms with E-state index in [1.165, 1.54) is 7.11 Å². The number of rotatable bonds is 5. The molecule has 19 heavy (non-hydrogen) atoms. The van der Waals surface area contributed by atoms with Gasteiger partial charge >= 0.3 is 0 Å². The Morgan fingerprint density at radius 2 is 2.26 bits per heavy atom. The lowest BCUT2D eigenvalue weighted by Gasteiger charge is -1.99. The van der Waals surface area contributed by atoms with Gasteiger partial charge in [0.2, 0.25) is 11.7 Å². The Kier molecular flexibility index (Phi) is 4.44. The summed E-state index contributed by atoms with van der Waals surface area (Å²) >= 11 is 3.46. The van der Waals surface area contributed by atoms with Crippen LogP contribution in [0.4, 0.5) is 0 Å². The van der Waals surface area contributed by atoms with Crippen LogP contribution in [0.3, 0.4) is 0 Å². The molecule has 0 fully saturated rings. The second-order valence-electron chi connectivity index (χ2n) is 4.14.